The Morgan fingerprint density at radius 2 is 1.68 bits per heavy atom. The Balaban J connectivity index is 2.19. The second-order valence-electron chi connectivity index (χ2n) is 6.67. The number of rotatable bonds is 9. The lowest BCUT2D eigenvalue weighted by atomic mass is 10.1. The molecule has 0 fully saturated rings. The van der Waals surface area contributed by atoms with E-state index < -0.39 is 6.04 Å². The summed E-state index contributed by atoms with van der Waals surface area (Å²) in [6.07, 6.45) is 1.74. The van der Waals surface area contributed by atoms with E-state index in [1.54, 1.807) is 30.0 Å². The number of hydrogen-bond donors (Lipinski definition) is 1. The molecule has 4 nitrogen and oxygen atoms in total. The van der Waals surface area contributed by atoms with Gasteiger partial charge in [-0.05, 0) is 37.5 Å². The monoisotopic (exact) mass is 420 g/mol. The molecule has 0 bridgehead atoms. The first-order valence-electron chi connectivity index (χ1n) is 9.48. The third-order valence-electron chi connectivity index (χ3n) is 4.58. The zero-order chi connectivity index (χ0) is 20.5. The van der Waals surface area contributed by atoms with Crippen molar-refractivity contribution in [3.05, 3.63) is 69.7 Å². The highest BCUT2D eigenvalue weighted by molar-refractivity contribution is 6.36. The van der Waals surface area contributed by atoms with E-state index in [-0.39, 0.29) is 18.4 Å². The van der Waals surface area contributed by atoms with Gasteiger partial charge in [0.05, 0.1) is 0 Å². The fraction of sp³-hybridized carbons (Fsp3) is 0.364. The molecule has 2 amide bonds. The van der Waals surface area contributed by atoms with E-state index in [2.05, 4.69) is 5.32 Å². The molecular formula is C22H26Cl2N2O2. The van der Waals surface area contributed by atoms with Crippen LogP contribution in [0.4, 0.5) is 0 Å². The maximum atomic E-state index is 13.0. The third kappa shape index (κ3) is 6.25. The van der Waals surface area contributed by atoms with Gasteiger partial charge in [0.2, 0.25) is 11.8 Å². The molecule has 2 aromatic rings. The molecular weight excluding hydrogens is 395 g/mol. The van der Waals surface area contributed by atoms with Gasteiger partial charge in [-0.3, -0.25) is 9.59 Å². The Labute approximate surface area is 176 Å². The standard InChI is InChI=1S/C22H26Cl2N2O2/c1-3-14-25-22(28)16(2)26(15-18-19(23)10-7-11-20(18)24)21(27)13-12-17-8-5-4-6-9-17/h4-11,16H,3,12-15H2,1-2H3,(H,25,28). The maximum Gasteiger partial charge on any atom is 0.242 e. The van der Waals surface area contributed by atoms with Crippen molar-refractivity contribution in [2.75, 3.05) is 6.54 Å². The summed E-state index contributed by atoms with van der Waals surface area (Å²) >= 11 is 12.6. The number of amides is 2. The maximum absolute atomic E-state index is 13.0. The zero-order valence-corrected chi connectivity index (χ0v) is 17.8. The number of carbonyl (C=O) groups is 2. The van der Waals surface area contributed by atoms with Crippen molar-refractivity contribution >= 4 is 35.0 Å². The highest BCUT2D eigenvalue weighted by Crippen LogP contribution is 2.27. The van der Waals surface area contributed by atoms with Crippen LogP contribution in [0.2, 0.25) is 10.0 Å². The lowest BCUT2D eigenvalue weighted by molar-refractivity contribution is -0.140. The van der Waals surface area contributed by atoms with Crippen LogP contribution in [-0.2, 0) is 22.6 Å². The second kappa shape index (κ2) is 11.1. The fourth-order valence-corrected chi connectivity index (χ4v) is 3.39. The van der Waals surface area contributed by atoms with E-state index in [0.29, 0.717) is 35.0 Å². The summed E-state index contributed by atoms with van der Waals surface area (Å²) in [5, 5.41) is 3.82. The van der Waals surface area contributed by atoms with Crippen molar-refractivity contribution in [1.82, 2.24) is 10.2 Å². The largest absolute Gasteiger partial charge is 0.354 e. The average Bonchev–Trinajstić information content (AvgIpc) is 2.70. The van der Waals surface area contributed by atoms with Gasteiger partial charge >= 0.3 is 0 Å². The summed E-state index contributed by atoms with van der Waals surface area (Å²) in [4.78, 5) is 27.1. The van der Waals surface area contributed by atoms with Gasteiger partial charge in [0.15, 0.2) is 0 Å². The topological polar surface area (TPSA) is 49.4 Å². The molecule has 0 spiro atoms. The number of halogens is 2. The summed E-state index contributed by atoms with van der Waals surface area (Å²) in [7, 11) is 0. The molecule has 0 aliphatic rings. The van der Waals surface area contributed by atoms with E-state index in [1.165, 1.54) is 0 Å². The Kier molecular flexibility index (Phi) is 8.81. The molecule has 0 saturated carbocycles. The Morgan fingerprint density at radius 1 is 1.04 bits per heavy atom. The average molecular weight is 421 g/mol. The van der Waals surface area contributed by atoms with Crippen molar-refractivity contribution in [3.8, 4) is 0 Å². The molecule has 1 N–H and O–H groups in total. The van der Waals surface area contributed by atoms with Crippen LogP contribution in [0, 0.1) is 0 Å². The minimum atomic E-state index is -0.623. The van der Waals surface area contributed by atoms with Gasteiger partial charge in [-0.15, -0.1) is 0 Å². The molecule has 1 unspecified atom stereocenters. The third-order valence-corrected chi connectivity index (χ3v) is 5.29. The number of benzene rings is 2. The van der Waals surface area contributed by atoms with Gasteiger partial charge in [-0.1, -0.05) is 66.5 Å². The summed E-state index contributed by atoms with van der Waals surface area (Å²) in [5.74, 6) is -0.294. The SMILES string of the molecule is CCCNC(=O)C(C)N(Cc1c(Cl)cccc1Cl)C(=O)CCc1ccccc1. The van der Waals surface area contributed by atoms with Crippen molar-refractivity contribution in [1.29, 1.82) is 0 Å². The number of aryl methyl sites for hydroxylation is 1. The lowest BCUT2D eigenvalue weighted by Crippen LogP contribution is -2.47. The summed E-state index contributed by atoms with van der Waals surface area (Å²) < 4.78 is 0. The first kappa shape index (κ1) is 22.3. The van der Waals surface area contributed by atoms with Gasteiger partial charge in [-0.2, -0.15) is 0 Å². The van der Waals surface area contributed by atoms with Gasteiger partial charge in [-0.25, -0.2) is 0 Å². The van der Waals surface area contributed by atoms with E-state index in [1.807, 2.05) is 37.3 Å². The van der Waals surface area contributed by atoms with Crippen LogP contribution in [0.1, 0.15) is 37.8 Å². The minimum absolute atomic E-state index is 0.112. The molecule has 0 radical (unpaired) electrons. The van der Waals surface area contributed by atoms with Gasteiger partial charge in [0, 0.05) is 35.1 Å². The quantitative estimate of drug-likeness (QED) is 0.628. The number of nitrogens with one attached hydrogen (secondary N) is 1. The van der Waals surface area contributed by atoms with Crippen molar-refractivity contribution < 1.29 is 9.59 Å². The van der Waals surface area contributed by atoms with Crippen LogP contribution in [0.3, 0.4) is 0 Å². The molecule has 28 heavy (non-hydrogen) atoms. The van der Waals surface area contributed by atoms with Crippen LogP contribution >= 0.6 is 23.2 Å². The van der Waals surface area contributed by atoms with Crippen LogP contribution in [0.5, 0.6) is 0 Å². The number of carbonyl (C=O) groups excluding carboxylic acids is 2. The summed E-state index contributed by atoms with van der Waals surface area (Å²) in [6.45, 7) is 4.47. The molecule has 2 rings (SSSR count). The molecule has 0 aliphatic heterocycles. The Morgan fingerprint density at radius 3 is 2.29 bits per heavy atom. The zero-order valence-electron chi connectivity index (χ0n) is 16.3. The lowest BCUT2D eigenvalue weighted by Gasteiger charge is -2.29. The fourth-order valence-electron chi connectivity index (χ4n) is 2.87. The second-order valence-corrected chi connectivity index (χ2v) is 7.49. The normalized spacial score (nSPS) is 11.7. The summed E-state index contributed by atoms with van der Waals surface area (Å²) in [6, 6.07) is 14.4. The van der Waals surface area contributed by atoms with E-state index in [0.717, 1.165) is 12.0 Å². The van der Waals surface area contributed by atoms with E-state index in [4.69, 9.17) is 23.2 Å². The van der Waals surface area contributed by atoms with Gasteiger partial charge in [0.25, 0.3) is 0 Å². The first-order chi connectivity index (χ1) is 13.4. The number of nitrogens with zero attached hydrogens (tertiary/aromatic N) is 1. The highest BCUT2D eigenvalue weighted by atomic mass is 35.5. The van der Waals surface area contributed by atoms with Crippen LogP contribution < -0.4 is 5.32 Å². The molecule has 2 aromatic carbocycles. The smallest absolute Gasteiger partial charge is 0.242 e. The molecule has 0 heterocycles. The van der Waals surface area contributed by atoms with Gasteiger partial charge in [0.1, 0.15) is 6.04 Å². The molecule has 0 saturated heterocycles. The molecule has 6 heteroatoms. The highest BCUT2D eigenvalue weighted by Gasteiger charge is 2.27. The van der Waals surface area contributed by atoms with Crippen LogP contribution in [-0.4, -0.2) is 29.3 Å². The Bertz CT molecular complexity index is 776. The molecule has 150 valence electrons. The summed E-state index contributed by atoms with van der Waals surface area (Å²) in [5.41, 5.74) is 1.73. The Hall–Kier alpha value is -2.04. The minimum Gasteiger partial charge on any atom is -0.354 e. The van der Waals surface area contributed by atoms with E-state index in [9.17, 15) is 9.59 Å². The molecule has 0 aliphatic carbocycles. The van der Waals surface area contributed by atoms with Gasteiger partial charge < -0.3 is 10.2 Å². The molecule has 0 aromatic heterocycles. The van der Waals surface area contributed by atoms with E-state index >= 15 is 0 Å². The first-order valence-corrected chi connectivity index (χ1v) is 10.2. The van der Waals surface area contributed by atoms with Crippen molar-refractivity contribution in [3.63, 3.8) is 0 Å². The van der Waals surface area contributed by atoms with Crippen LogP contribution in [0.25, 0.3) is 0 Å². The number of hydrogen-bond acceptors (Lipinski definition) is 2. The molecule has 1 atom stereocenters. The predicted molar refractivity (Wildman–Crippen MR) is 115 cm³/mol. The van der Waals surface area contributed by atoms with Crippen molar-refractivity contribution in [2.24, 2.45) is 0 Å². The van der Waals surface area contributed by atoms with Crippen molar-refractivity contribution in [2.45, 2.75) is 45.7 Å². The van der Waals surface area contributed by atoms with Crippen LogP contribution in [0.15, 0.2) is 48.5 Å². The predicted octanol–water partition coefficient (Wildman–Crippen LogP) is 4.87.